The van der Waals surface area contributed by atoms with Gasteiger partial charge in [0.05, 0.1) is 16.9 Å². The number of nitrogens with two attached hydrogens (primary N) is 1. The Morgan fingerprint density at radius 3 is 2.89 bits per heavy atom. The quantitative estimate of drug-likeness (QED) is 0.762. The lowest BCUT2D eigenvalue weighted by atomic mass is 10.4. The Labute approximate surface area is 108 Å². The van der Waals surface area contributed by atoms with Gasteiger partial charge >= 0.3 is 0 Å². The first-order chi connectivity index (χ1) is 8.74. The lowest BCUT2D eigenvalue weighted by Gasteiger charge is -2.04. The summed E-state index contributed by atoms with van der Waals surface area (Å²) in [5, 5.41) is 5.96. The molecule has 0 bridgehead atoms. The number of anilines is 1. The molecule has 0 aliphatic heterocycles. The Kier molecular flexibility index (Phi) is 2.64. The molecule has 5 nitrogen and oxygen atoms in total. The van der Waals surface area contributed by atoms with E-state index >= 15 is 0 Å². The van der Waals surface area contributed by atoms with Crippen molar-refractivity contribution in [2.75, 3.05) is 5.73 Å². The Hall–Kier alpha value is -2.08. The van der Waals surface area contributed by atoms with Crippen molar-refractivity contribution >= 4 is 23.0 Å². The van der Waals surface area contributed by atoms with Gasteiger partial charge in [0.15, 0.2) is 0 Å². The van der Waals surface area contributed by atoms with Crippen molar-refractivity contribution in [3.63, 3.8) is 0 Å². The number of fused-ring (bicyclic) bond motifs is 1. The minimum atomic E-state index is 0.655. The van der Waals surface area contributed by atoms with Gasteiger partial charge in [-0.1, -0.05) is 0 Å². The van der Waals surface area contributed by atoms with Crippen LogP contribution in [0.3, 0.4) is 0 Å². The monoisotopic (exact) mass is 257 g/mol. The normalized spacial score (nSPS) is 10.9. The van der Waals surface area contributed by atoms with Crippen molar-refractivity contribution in [1.29, 1.82) is 0 Å². The predicted molar refractivity (Wildman–Crippen MR) is 70.5 cm³/mol. The van der Waals surface area contributed by atoms with Crippen LogP contribution < -0.4 is 5.73 Å². The van der Waals surface area contributed by atoms with E-state index in [0.29, 0.717) is 5.69 Å². The fourth-order valence-electron chi connectivity index (χ4n) is 1.68. The summed E-state index contributed by atoms with van der Waals surface area (Å²) in [5.41, 5.74) is 8.46. The van der Waals surface area contributed by atoms with Gasteiger partial charge in [-0.25, -0.2) is 14.5 Å². The number of aryl methyl sites for hydroxylation is 1. The summed E-state index contributed by atoms with van der Waals surface area (Å²) >= 11 is 1.45. The molecule has 3 aromatic rings. The zero-order chi connectivity index (χ0) is 12.5. The highest BCUT2D eigenvalue weighted by molar-refractivity contribution is 7.99. The predicted octanol–water partition coefficient (Wildman–Crippen LogP) is 2.17. The summed E-state index contributed by atoms with van der Waals surface area (Å²) in [6.45, 7) is 1.95. The van der Waals surface area contributed by atoms with E-state index in [1.54, 1.807) is 12.4 Å². The first-order valence-electron chi connectivity index (χ1n) is 5.43. The van der Waals surface area contributed by atoms with Crippen LogP contribution in [0.4, 0.5) is 5.69 Å². The van der Waals surface area contributed by atoms with E-state index < -0.39 is 0 Å². The molecule has 0 aliphatic rings. The van der Waals surface area contributed by atoms with Crippen LogP contribution >= 0.6 is 11.8 Å². The molecular weight excluding hydrogens is 246 g/mol. The molecule has 2 N–H and O–H groups in total. The minimum Gasteiger partial charge on any atom is -0.397 e. The molecule has 3 rings (SSSR count). The highest BCUT2D eigenvalue weighted by Crippen LogP contribution is 2.31. The molecular formula is C12H11N5S. The zero-order valence-electron chi connectivity index (χ0n) is 9.74. The molecule has 0 spiro atoms. The van der Waals surface area contributed by atoms with Crippen LogP contribution in [0.25, 0.3) is 5.52 Å². The van der Waals surface area contributed by atoms with E-state index in [0.717, 1.165) is 21.3 Å². The molecule has 90 valence electrons. The van der Waals surface area contributed by atoms with Gasteiger partial charge in [0.2, 0.25) is 0 Å². The van der Waals surface area contributed by atoms with Crippen molar-refractivity contribution in [2.45, 2.75) is 17.0 Å². The minimum absolute atomic E-state index is 0.655. The van der Waals surface area contributed by atoms with Gasteiger partial charge in [0, 0.05) is 18.6 Å². The first-order valence-corrected chi connectivity index (χ1v) is 6.25. The lowest BCUT2D eigenvalue weighted by Crippen LogP contribution is -1.94. The molecule has 0 saturated heterocycles. The van der Waals surface area contributed by atoms with Crippen LogP contribution in [0.5, 0.6) is 0 Å². The Balaban J connectivity index is 2.07. The molecule has 6 heteroatoms. The average molecular weight is 257 g/mol. The molecule has 0 aromatic carbocycles. The molecule has 3 heterocycles. The van der Waals surface area contributed by atoms with E-state index in [-0.39, 0.29) is 0 Å². The Morgan fingerprint density at radius 1 is 1.22 bits per heavy atom. The Bertz CT molecular complexity index is 707. The number of aromatic nitrogens is 4. The maximum Gasteiger partial charge on any atom is 0.128 e. The largest absolute Gasteiger partial charge is 0.397 e. The van der Waals surface area contributed by atoms with Gasteiger partial charge < -0.3 is 5.73 Å². The fourth-order valence-corrected chi connectivity index (χ4v) is 2.53. The highest BCUT2D eigenvalue weighted by Gasteiger charge is 2.09. The van der Waals surface area contributed by atoms with Crippen molar-refractivity contribution in [3.05, 3.63) is 42.5 Å². The molecule has 0 atom stereocenters. The number of pyridine rings is 1. The summed E-state index contributed by atoms with van der Waals surface area (Å²) in [4.78, 5) is 8.62. The van der Waals surface area contributed by atoms with Crippen LogP contribution in [-0.2, 0) is 0 Å². The van der Waals surface area contributed by atoms with E-state index in [4.69, 9.17) is 5.73 Å². The van der Waals surface area contributed by atoms with Crippen LogP contribution in [0.15, 0.2) is 46.8 Å². The van der Waals surface area contributed by atoms with Crippen molar-refractivity contribution < 1.29 is 0 Å². The third-order valence-electron chi connectivity index (χ3n) is 2.47. The van der Waals surface area contributed by atoms with Crippen molar-refractivity contribution in [1.82, 2.24) is 19.6 Å². The average Bonchev–Trinajstić information content (AvgIpc) is 2.73. The van der Waals surface area contributed by atoms with E-state index in [2.05, 4.69) is 15.1 Å². The van der Waals surface area contributed by atoms with Gasteiger partial charge in [-0.2, -0.15) is 5.10 Å². The van der Waals surface area contributed by atoms with E-state index in [9.17, 15) is 0 Å². The number of nitrogens with zero attached hydrogens (tertiary/aromatic N) is 4. The first kappa shape index (κ1) is 11.0. The number of rotatable bonds is 2. The van der Waals surface area contributed by atoms with Crippen LogP contribution in [0.2, 0.25) is 0 Å². The number of hydrogen-bond donors (Lipinski definition) is 1. The maximum absolute atomic E-state index is 5.88. The van der Waals surface area contributed by atoms with Crippen LogP contribution in [0.1, 0.15) is 5.69 Å². The standard InChI is InChI=1S/C12H11N5S/c1-8-7-10-12(15-5-6-17(10)16-8)18-11-9(13)3-2-4-14-11/h2-7H,13H2,1H3. The maximum atomic E-state index is 5.88. The molecule has 3 aromatic heterocycles. The van der Waals surface area contributed by atoms with Gasteiger partial charge in [-0.15, -0.1) is 0 Å². The van der Waals surface area contributed by atoms with Gasteiger partial charge in [-0.3, -0.25) is 0 Å². The number of nitrogen functional groups attached to an aromatic ring is 1. The smallest absolute Gasteiger partial charge is 0.128 e. The summed E-state index contributed by atoms with van der Waals surface area (Å²) in [6, 6.07) is 5.64. The van der Waals surface area contributed by atoms with Gasteiger partial charge in [0.25, 0.3) is 0 Å². The van der Waals surface area contributed by atoms with Crippen LogP contribution in [0, 0.1) is 6.92 Å². The lowest BCUT2D eigenvalue weighted by molar-refractivity contribution is 0.899. The number of hydrogen-bond acceptors (Lipinski definition) is 5. The third kappa shape index (κ3) is 1.91. The molecule has 0 unspecified atom stereocenters. The van der Waals surface area contributed by atoms with Gasteiger partial charge in [0.1, 0.15) is 10.1 Å². The molecule has 0 saturated carbocycles. The molecule has 18 heavy (non-hydrogen) atoms. The third-order valence-corrected chi connectivity index (χ3v) is 3.51. The van der Waals surface area contributed by atoms with Gasteiger partial charge in [-0.05, 0) is 36.9 Å². The van der Waals surface area contributed by atoms with E-state index in [1.807, 2.05) is 35.8 Å². The highest BCUT2D eigenvalue weighted by atomic mass is 32.2. The summed E-state index contributed by atoms with van der Waals surface area (Å²) in [7, 11) is 0. The van der Waals surface area contributed by atoms with E-state index in [1.165, 1.54) is 11.8 Å². The topological polar surface area (TPSA) is 69.1 Å². The summed E-state index contributed by atoms with van der Waals surface area (Å²) in [6.07, 6.45) is 5.27. The second-order valence-corrected chi connectivity index (χ2v) is 4.83. The van der Waals surface area contributed by atoms with Crippen molar-refractivity contribution in [2.24, 2.45) is 0 Å². The molecule has 0 aliphatic carbocycles. The molecule has 0 radical (unpaired) electrons. The SMILES string of the molecule is Cc1cc2c(Sc3ncccc3N)nccn2n1. The summed E-state index contributed by atoms with van der Waals surface area (Å²) < 4.78 is 1.81. The molecule has 0 fully saturated rings. The van der Waals surface area contributed by atoms with Crippen LogP contribution in [-0.4, -0.2) is 19.6 Å². The summed E-state index contributed by atoms with van der Waals surface area (Å²) in [5.74, 6) is 0. The Morgan fingerprint density at radius 2 is 2.06 bits per heavy atom. The van der Waals surface area contributed by atoms with Crippen molar-refractivity contribution in [3.8, 4) is 0 Å². The second kappa shape index (κ2) is 4.30. The zero-order valence-corrected chi connectivity index (χ0v) is 10.6. The molecule has 0 amide bonds. The fraction of sp³-hybridized carbons (Fsp3) is 0.0833. The second-order valence-electron chi connectivity index (χ2n) is 3.85.